The molecule has 0 aromatic heterocycles. The third-order valence-corrected chi connectivity index (χ3v) is 5.64. The number of carbonyl (C=O) groups is 2. The highest BCUT2D eigenvalue weighted by Gasteiger charge is 2.34. The first-order valence-corrected chi connectivity index (χ1v) is 9.07. The summed E-state index contributed by atoms with van der Waals surface area (Å²) in [6.07, 6.45) is 2.58. The Bertz CT molecular complexity index is 587. The molecule has 0 spiro atoms. The molecule has 5 nitrogen and oxygen atoms in total. The van der Waals surface area contributed by atoms with Gasteiger partial charge in [-0.15, -0.1) is 11.8 Å². The first-order valence-electron chi connectivity index (χ1n) is 8.02. The van der Waals surface area contributed by atoms with Gasteiger partial charge in [0.15, 0.2) is 0 Å². The van der Waals surface area contributed by atoms with E-state index in [1.807, 2.05) is 34.1 Å². The summed E-state index contributed by atoms with van der Waals surface area (Å²) in [5.41, 5.74) is 1.000. The van der Waals surface area contributed by atoms with Crippen LogP contribution in [0, 0.1) is 0 Å². The van der Waals surface area contributed by atoms with Crippen LogP contribution >= 0.6 is 11.8 Å². The number of likely N-dealkylation sites (tertiary alicyclic amines) is 1. The normalized spacial score (nSPS) is 21.1. The Morgan fingerprint density at radius 1 is 1.30 bits per heavy atom. The lowest BCUT2D eigenvalue weighted by Crippen LogP contribution is -2.34. The molecule has 0 bridgehead atoms. The summed E-state index contributed by atoms with van der Waals surface area (Å²) in [6, 6.07) is 7.77. The second kappa shape index (κ2) is 7.25. The molecule has 2 amide bonds. The van der Waals surface area contributed by atoms with Gasteiger partial charge in [-0.25, -0.2) is 0 Å². The fraction of sp³-hybridized carbons (Fsp3) is 0.529. The Hall–Kier alpha value is -1.69. The van der Waals surface area contributed by atoms with E-state index in [-0.39, 0.29) is 17.2 Å². The highest BCUT2D eigenvalue weighted by molar-refractivity contribution is 8.00. The van der Waals surface area contributed by atoms with Gasteiger partial charge in [-0.2, -0.15) is 0 Å². The highest BCUT2D eigenvalue weighted by atomic mass is 32.2. The van der Waals surface area contributed by atoms with Crippen molar-refractivity contribution in [2.24, 2.45) is 0 Å². The minimum absolute atomic E-state index is 0.0648. The molecule has 1 atom stereocenters. The van der Waals surface area contributed by atoms with Crippen LogP contribution in [0.5, 0.6) is 5.75 Å². The summed E-state index contributed by atoms with van der Waals surface area (Å²) in [5.74, 6) is 1.50. The third-order valence-electron chi connectivity index (χ3n) is 4.40. The van der Waals surface area contributed by atoms with Gasteiger partial charge in [-0.05, 0) is 18.9 Å². The standard InChI is InChI=1S/C17H22N2O3S/c1-22-14-7-3-2-6-13(14)17-19(16(21)12-23-17)11-8-15(20)18-9-4-5-10-18/h2-3,6-7,17H,4-5,8-12H2,1H3/t17-/m1/s1. The number of benzene rings is 1. The summed E-state index contributed by atoms with van der Waals surface area (Å²) < 4.78 is 5.42. The van der Waals surface area contributed by atoms with Crippen molar-refractivity contribution in [2.75, 3.05) is 32.5 Å². The predicted molar refractivity (Wildman–Crippen MR) is 90.3 cm³/mol. The van der Waals surface area contributed by atoms with Gasteiger partial charge in [-0.1, -0.05) is 18.2 Å². The van der Waals surface area contributed by atoms with Crippen LogP contribution in [0.4, 0.5) is 0 Å². The first kappa shape index (κ1) is 16.2. The maximum atomic E-state index is 12.2. The molecule has 0 saturated carbocycles. The lowest BCUT2D eigenvalue weighted by molar-refractivity contribution is -0.132. The molecule has 1 aromatic carbocycles. The SMILES string of the molecule is COc1ccccc1[C@H]1SCC(=O)N1CCC(=O)N1CCCC1. The molecule has 6 heteroatoms. The molecule has 0 N–H and O–H groups in total. The highest BCUT2D eigenvalue weighted by Crippen LogP contribution is 2.42. The van der Waals surface area contributed by atoms with Crippen molar-refractivity contribution >= 4 is 23.6 Å². The van der Waals surface area contributed by atoms with Gasteiger partial charge in [-0.3, -0.25) is 9.59 Å². The first-order chi connectivity index (χ1) is 11.2. The van der Waals surface area contributed by atoms with E-state index in [0.717, 1.165) is 37.2 Å². The van der Waals surface area contributed by atoms with Crippen LogP contribution in [0.3, 0.4) is 0 Å². The zero-order valence-corrected chi connectivity index (χ0v) is 14.2. The molecule has 23 heavy (non-hydrogen) atoms. The number of amides is 2. The quantitative estimate of drug-likeness (QED) is 0.829. The van der Waals surface area contributed by atoms with Crippen molar-refractivity contribution in [3.05, 3.63) is 29.8 Å². The summed E-state index contributed by atoms with van der Waals surface area (Å²) in [4.78, 5) is 28.2. The number of rotatable bonds is 5. The van der Waals surface area contributed by atoms with Crippen LogP contribution in [-0.2, 0) is 9.59 Å². The van der Waals surface area contributed by atoms with Crippen LogP contribution in [0.15, 0.2) is 24.3 Å². The van der Waals surface area contributed by atoms with E-state index >= 15 is 0 Å². The topological polar surface area (TPSA) is 49.9 Å². The number of thioether (sulfide) groups is 1. The third kappa shape index (κ3) is 3.47. The summed E-state index contributed by atoms with van der Waals surface area (Å²) >= 11 is 1.60. The molecular weight excluding hydrogens is 312 g/mol. The van der Waals surface area contributed by atoms with Gasteiger partial charge in [0.2, 0.25) is 11.8 Å². The van der Waals surface area contributed by atoms with Crippen molar-refractivity contribution in [2.45, 2.75) is 24.6 Å². The Morgan fingerprint density at radius 3 is 2.78 bits per heavy atom. The summed E-state index contributed by atoms with van der Waals surface area (Å²) in [6.45, 7) is 2.19. The van der Waals surface area contributed by atoms with E-state index in [2.05, 4.69) is 0 Å². The Labute approximate surface area is 141 Å². The molecular formula is C17H22N2O3S. The smallest absolute Gasteiger partial charge is 0.233 e. The molecule has 2 aliphatic heterocycles. The van der Waals surface area contributed by atoms with E-state index < -0.39 is 0 Å². The Balaban J connectivity index is 1.68. The minimum atomic E-state index is -0.0648. The minimum Gasteiger partial charge on any atom is -0.496 e. The second-order valence-corrected chi connectivity index (χ2v) is 6.90. The van der Waals surface area contributed by atoms with Gasteiger partial charge in [0, 0.05) is 31.6 Å². The fourth-order valence-corrected chi connectivity index (χ4v) is 4.41. The number of carbonyl (C=O) groups excluding carboxylic acids is 2. The lowest BCUT2D eigenvalue weighted by Gasteiger charge is -2.26. The van der Waals surface area contributed by atoms with Crippen LogP contribution in [0.2, 0.25) is 0 Å². The van der Waals surface area contributed by atoms with Gasteiger partial charge in [0.1, 0.15) is 11.1 Å². The number of nitrogens with zero attached hydrogens (tertiary/aromatic N) is 2. The summed E-state index contributed by atoms with van der Waals surface area (Å²) in [7, 11) is 1.64. The second-order valence-electron chi connectivity index (χ2n) is 5.83. The summed E-state index contributed by atoms with van der Waals surface area (Å²) in [5, 5.41) is -0.0648. The van der Waals surface area contributed by atoms with Crippen LogP contribution in [-0.4, -0.2) is 54.1 Å². The predicted octanol–water partition coefficient (Wildman–Crippen LogP) is 2.28. The number of ether oxygens (including phenoxy) is 1. The zero-order valence-electron chi connectivity index (χ0n) is 13.4. The lowest BCUT2D eigenvalue weighted by atomic mass is 10.1. The van der Waals surface area contributed by atoms with E-state index in [1.54, 1.807) is 18.9 Å². The molecule has 0 unspecified atom stereocenters. The van der Waals surface area contributed by atoms with Gasteiger partial charge < -0.3 is 14.5 Å². The number of methoxy groups -OCH3 is 1. The largest absolute Gasteiger partial charge is 0.496 e. The molecule has 2 aliphatic rings. The number of para-hydroxylation sites is 1. The average Bonchev–Trinajstić information content (AvgIpc) is 3.22. The molecule has 1 aromatic rings. The molecule has 2 saturated heterocycles. The van der Waals surface area contributed by atoms with Crippen LogP contribution in [0.25, 0.3) is 0 Å². The van der Waals surface area contributed by atoms with Gasteiger partial charge in [0.05, 0.1) is 12.9 Å². The molecule has 124 valence electrons. The van der Waals surface area contributed by atoms with E-state index in [9.17, 15) is 9.59 Å². The Morgan fingerprint density at radius 2 is 2.04 bits per heavy atom. The van der Waals surface area contributed by atoms with E-state index in [0.29, 0.717) is 18.7 Å². The molecule has 3 rings (SSSR count). The maximum Gasteiger partial charge on any atom is 0.233 e. The number of hydrogen-bond donors (Lipinski definition) is 0. The van der Waals surface area contributed by atoms with Gasteiger partial charge in [0.25, 0.3) is 0 Å². The molecule has 2 heterocycles. The van der Waals surface area contributed by atoms with Crippen molar-refractivity contribution in [3.8, 4) is 5.75 Å². The van der Waals surface area contributed by atoms with Gasteiger partial charge >= 0.3 is 0 Å². The molecule has 0 aliphatic carbocycles. The van der Waals surface area contributed by atoms with Crippen LogP contribution in [0.1, 0.15) is 30.2 Å². The number of hydrogen-bond acceptors (Lipinski definition) is 4. The molecule has 0 radical (unpaired) electrons. The Kier molecular flexibility index (Phi) is 5.10. The monoisotopic (exact) mass is 334 g/mol. The average molecular weight is 334 g/mol. The fourth-order valence-electron chi connectivity index (χ4n) is 3.16. The maximum absolute atomic E-state index is 12.2. The van der Waals surface area contributed by atoms with E-state index in [4.69, 9.17) is 4.74 Å². The van der Waals surface area contributed by atoms with Crippen molar-refractivity contribution in [1.82, 2.24) is 9.80 Å². The van der Waals surface area contributed by atoms with Crippen LogP contribution < -0.4 is 4.74 Å². The van der Waals surface area contributed by atoms with Crippen molar-refractivity contribution in [1.29, 1.82) is 0 Å². The van der Waals surface area contributed by atoms with Crippen molar-refractivity contribution in [3.63, 3.8) is 0 Å². The molecule has 2 fully saturated rings. The zero-order chi connectivity index (χ0) is 16.2. The van der Waals surface area contributed by atoms with Crippen molar-refractivity contribution < 1.29 is 14.3 Å². The van der Waals surface area contributed by atoms with E-state index in [1.165, 1.54) is 0 Å².